The quantitative estimate of drug-likeness (QED) is 0.160. The molecule has 3 aromatic rings. The van der Waals surface area contributed by atoms with E-state index in [4.69, 9.17) is 10.5 Å². The minimum absolute atomic E-state index is 0.0390. The number of aliphatic hydroxyl groups is 2. The first-order valence-corrected chi connectivity index (χ1v) is 14.7. The minimum Gasteiger partial charge on any atom is -0.387 e. The van der Waals surface area contributed by atoms with Crippen LogP contribution in [0.15, 0.2) is 43.0 Å². The van der Waals surface area contributed by atoms with Crippen molar-refractivity contribution in [2.45, 2.75) is 24.5 Å². The number of para-hydroxylation sites is 1. The number of nitrogens with two attached hydrogens (primary N) is 1. The second kappa shape index (κ2) is 10.5. The van der Waals surface area contributed by atoms with Crippen LogP contribution in [0, 0.1) is 0 Å². The number of hydrogen-bond acceptors (Lipinski definition) is 13. The lowest BCUT2D eigenvalue weighted by Gasteiger charge is -2.20. The van der Waals surface area contributed by atoms with Gasteiger partial charge in [0.05, 0.1) is 12.9 Å². The van der Waals surface area contributed by atoms with Crippen LogP contribution in [0.2, 0.25) is 0 Å². The molecule has 1 aliphatic rings. The number of fused-ring (bicyclic) bond motifs is 1. The van der Waals surface area contributed by atoms with E-state index in [1.54, 1.807) is 6.07 Å². The van der Waals surface area contributed by atoms with Gasteiger partial charge in [-0.3, -0.25) is 14.2 Å². The van der Waals surface area contributed by atoms with E-state index in [0.29, 0.717) is 0 Å². The highest BCUT2D eigenvalue weighted by Crippen LogP contribution is 2.67. The smallest absolute Gasteiger partial charge is 0.387 e. The van der Waals surface area contributed by atoms with Crippen molar-refractivity contribution < 1.29 is 56.5 Å². The Morgan fingerprint density at radius 1 is 1.00 bits per heavy atom. The number of ether oxygens (including phenoxy) is 1. The van der Waals surface area contributed by atoms with Gasteiger partial charge in [0.15, 0.2) is 17.7 Å². The Morgan fingerprint density at radius 2 is 1.70 bits per heavy atom. The maximum atomic E-state index is 12.2. The third kappa shape index (κ3) is 6.59. The normalized spacial score (nSPS) is 26.8. The number of nitrogen functional groups attached to an aromatic ring is 1. The Morgan fingerprint density at radius 3 is 2.41 bits per heavy atom. The van der Waals surface area contributed by atoms with Gasteiger partial charge in [-0.05, 0) is 12.1 Å². The summed E-state index contributed by atoms with van der Waals surface area (Å²) in [4.78, 5) is 41.1. The summed E-state index contributed by atoms with van der Waals surface area (Å²) in [6, 6.07) is 7.28. The minimum atomic E-state index is -5.65. The van der Waals surface area contributed by atoms with Gasteiger partial charge in [-0.1, -0.05) is 18.2 Å². The van der Waals surface area contributed by atoms with Crippen molar-refractivity contribution in [3.05, 3.63) is 43.0 Å². The predicted molar refractivity (Wildman–Crippen MR) is 123 cm³/mol. The predicted octanol–water partition coefficient (Wildman–Crippen LogP) is 0.491. The Hall–Kier alpha value is -2.30. The van der Waals surface area contributed by atoms with E-state index in [-0.39, 0.29) is 22.7 Å². The van der Waals surface area contributed by atoms with Crippen LogP contribution in [0.3, 0.4) is 0 Å². The van der Waals surface area contributed by atoms with E-state index in [0.717, 1.165) is 6.33 Å². The zero-order chi connectivity index (χ0) is 27.0. The molecular formula is C16H21N6O12P3. The molecule has 1 aliphatic heterocycles. The van der Waals surface area contributed by atoms with Crippen LogP contribution < -0.4 is 10.8 Å². The first-order chi connectivity index (χ1) is 17.3. The monoisotopic (exact) mass is 582 g/mol. The van der Waals surface area contributed by atoms with Gasteiger partial charge >= 0.3 is 23.4 Å². The van der Waals surface area contributed by atoms with Crippen LogP contribution >= 0.6 is 23.4 Å². The number of aromatic nitrogens is 4. The number of hydrogen-bond donors (Lipinski definition) is 7. The summed E-state index contributed by atoms with van der Waals surface area (Å²) in [5, 5.41) is 22.7. The highest BCUT2D eigenvalue weighted by atomic mass is 31.3. The molecule has 4 rings (SSSR count). The maximum Gasteiger partial charge on any atom is 0.489 e. The number of nitrogens with zero attached hydrogens (tertiary/aromatic N) is 4. The van der Waals surface area contributed by atoms with Crippen molar-refractivity contribution in [2.75, 3.05) is 17.4 Å². The van der Waals surface area contributed by atoms with Crippen molar-refractivity contribution in [2.24, 2.45) is 0 Å². The van der Waals surface area contributed by atoms with Gasteiger partial charge in [-0.15, -0.1) is 0 Å². The average Bonchev–Trinajstić information content (AvgIpc) is 3.33. The lowest BCUT2D eigenvalue weighted by atomic mass is 10.1. The molecule has 7 atom stereocenters. The fourth-order valence-electron chi connectivity index (χ4n) is 3.33. The van der Waals surface area contributed by atoms with Crippen molar-refractivity contribution in [3.8, 4) is 0 Å². The zero-order valence-electron chi connectivity index (χ0n) is 18.4. The molecule has 0 aliphatic carbocycles. The highest BCUT2D eigenvalue weighted by molar-refractivity contribution is 7.68. The van der Waals surface area contributed by atoms with Gasteiger partial charge in [0.2, 0.25) is 0 Å². The number of aliphatic hydroxyl groups excluding tert-OH is 2. The molecule has 21 heteroatoms. The van der Waals surface area contributed by atoms with Gasteiger partial charge in [0.1, 0.15) is 30.2 Å². The van der Waals surface area contributed by atoms with Crippen LogP contribution in [0.4, 0.5) is 11.5 Å². The van der Waals surface area contributed by atoms with E-state index in [9.17, 15) is 38.6 Å². The van der Waals surface area contributed by atoms with Crippen LogP contribution in [0.5, 0.6) is 0 Å². The molecule has 0 saturated carbocycles. The topological polar surface area (TPSA) is 271 Å². The molecule has 7 unspecified atom stereocenters. The Kier molecular flexibility index (Phi) is 7.84. The maximum absolute atomic E-state index is 12.2. The molecule has 3 heterocycles. The second-order valence-electron chi connectivity index (χ2n) is 7.52. The first kappa shape index (κ1) is 27.7. The van der Waals surface area contributed by atoms with Gasteiger partial charge < -0.3 is 35.4 Å². The Labute approximate surface area is 207 Å². The van der Waals surface area contributed by atoms with Crippen LogP contribution in [0.1, 0.15) is 6.23 Å². The Bertz CT molecular complexity index is 1410. The Balaban J connectivity index is 1.38. The van der Waals surface area contributed by atoms with Gasteiger partial charge in [-0.2, -0.15) is 8.62 Å². The van der Waals surface area contributed by atoms with Crippen molar-refractivity contribution >= 4 is 46.1 Å². The largest absolute Gasteiger partial charge is 0.489 e. The van der Waals surface area contributed by atoms with Gasteiger partial charge in [0, 0.05) is 5.69 Å². The molecule has 1 aromatic carbocycles. The third-order valence-corrected chi connectivity index (χ3v) is 9.24. The van der Waals surface area contributed by atoms with Gasteiger partial charge in [0.25, 0.3) is 0 Å². The molecule has 8 N–H and O–H groups in total. The van der Waals surface area contributed by atoms with E-state index in [2.05, 4.69) is 28.1 Å². The summed E-state index contributed by atoms with van der Waals surface area (Å²) in [5.74, 6) is 0.0529. The summed E-state index contributed by atoms with van der Waals surface area (Å²) >= 11 is 0. The summed E-state index contributed by atoms with van der Waals surface area (Å²) in [6.45, 7) is -0.925. The molecule has 1 fully saturated rings. The summed E-state index contributed by atoms with van der Waals surface area (Å²) in [7, 11) is -16.1. The van der Waals surface area contributed by atoms with E-state index >= 15 is 0 Å². The van der Waals surface area contributed by atoms with Crippen molar-refractivity contribution in [3.63, 3.8) is 0 Å². The second-order valence-corrected chi connectivity index (χ2v) is 12.2. The van der Waals surface area contributed by atoms with E-state index < -0.39 is 54.5 Å². The van der Waals surface area contributed by atoms with E-state index in [1.807, 2.05) is 5.09 Å². The molecule has 0 bridgehead atoms. The summed E-state index contributed by atoms with van der Waals surface area (Å²) in [6.07, 6.45) is -3.61. The molecular weight excluding hydrogens is 561 g/mol. The SMILES string of the molecule is Nc1ncnc2c1ncn2C1OC(COP(=O)(O)OP(=O)(O)OP(=O)(O)Nc2ccccc2)C(O)C1O. The molecule has 2 aromatic heterocycles. The van der Waals surface area contributed by atoms with Crippen LogP contribution in [-0.4, -0.2) is 69.3 Å². The first-order valence-electron chi connectivity index (χ1n) is 10.1. The fourth-order valence-corrected chi connectivity index (χ4v) is 7.04. The third-order valence-electron chi connectivity index (χ3n) is 4.86. The number of phosphoric acid groups is 2. The molecule has 0 amide bonds. The molecule has 0 spiro atoms. The number of phosphoric ester groups is 1. The molecule has 18 nitrogen and oxygen atoms in total. The number of imidazole rings is 1. The number of anilines is 2. The van der Waals surface area contributed by atoms with Gasteiger partial charge in [-0.25, -0.2) is 28.6 Å². The average molecular weight is 582 g/mol. The zero-order valence-corrected chi connectivity index (χ0v) is 21.0. The van der Waals surface area contributed by atoms with E-state index in [1.165, 1.54) is 35.2 Å². The molecule has 0 radical (unpaired) electrons. The van der Waals surface area contributed by atoms with Crippen molar-refractivity contribution in [1.29, 1.82) is 0 Å². The van der Waals surface area contributed by atoms with Crippen LogP contribution in [0.25, 0.3) is 11.2 Å². The number of nitrogens with one attached hydrogen (secondary N) is 1. The molecule has 1 saturated heterocycles. The summed E-state index contributed by atoms with van der Waals surface area (Å²) in [5.41, 5.74) is 6.12. The lowest BCUT2D eigenvalue weighted by molar-refractivity contribution is -0.0503. The van der Waals surface area contributed by atoms with Crippen molar-refractivity contribution in [1.82, 2.24) is 19.5 Å². The number of rotatable bonds is 10. The fraction of sp³-hybridized carbons (Fsp3) is 0.312. The summed E-state index contributed by atoms with van der Waals surface area (Å²) < 4.78 is 55.9. The number of benzene rings is 1. The lowest BCUT2D eigenvalue weighted by Crippen LogP contribution is -2.33. The molecule has 202 valence electrons. The van der Waals surface area contributed by atoms with Crippen LogP contribution in [-0.2, 0) is 31.6 Å². The highest BCUT2D eigenvalue weighted by Gasteiger charge is 2.47. The molecule has 37 heavy (non-hydrogen) atoms. The standard InChI is InChI=1S/C16H21N6O12P3/c17-14-11-15(19-7-18-14)22(8-20-11)16-13(24)12(23)10(32-16)6-31-36(27,28)34-37(29,30)33-35(25,26)21-9-4-2-1-3-5-9/h1-5,7-8,10,12-13,16,23-24H,6H2,(H,27,28)(H,29,30)(H2,17,18,19)(H2,21,25,26).